The van der Waals surface area contributed by atoms with Crippen molar-refractivity contribution in [3.8, 4) is 5.75 Å². The van der Waals surface area contributed by atoms with Crippen LogP contribution in [0.25, 0.3) is 0 Å². The fourth-order valence-electron chi connectivity index (χ4n) is 1.96. The van der Waals surface area contributed by atoms with Crippen LogP contribution in [-0.4, -0.2) is 31.1 Å². The molecule has 0 spiro atoms. The minimum atomic E-state index is -0.366. The first kappa shape index (κ1) is 12.6. The Labute approximate surface area is 109 Å². The van der Waals surface area contributed by atoms with Gasteiger partial charge in [-0.2, -0.15) is 0 Å². The van der Waals surface area contributed by atoms with Gasteiger partial charge in [0, 0.05) is 12.6 Å². The van der Waals surface area contributed by atoms with Gasteiger partial charge in [0.2, 0.25) is 0 Å². The van der Waals surface area contributed by atoms with E-state index in [1.165, 1.54) is 18.9 Å². The molecule has 0 saturated carbocycles. The summed E-state index contributed by atoms with van der Waals surface area (Å²) in [5.41, 5.74) is 6.02. The fraction of sp³-hybridized carbons (Fsp3) is 0.500. The van der Waals surface area contributed by atoms with Crippen molar-refractivity contribution < 1.29 is 9.13 Å². The van der Waals surface area contributed by atoms with Crippen LogP contribution in [0.1, 0.15) is 12.8 Å². The zero-order valence-corrected chi connectivity index (χ0v) is 11.2. The van der Waals surface area contributed by atoms with E-state index in [-0.39, 0.29) is 5.82 Å². The summed E-state index contributed by atoms with van der Waals surface area (Å²) in [5, 5.41) is 0. The largest absolute Gasteiger partial charge is 0.490 e. The minimum Gasteiger partial charge on any atom is -0.490 e. The van der Waals surface area contributed by atoms with Crippen molar-refractivity contribution >= 4 is 21.6 Å². The van der Waals surface area contributed by atoms with Gasteiger partial charge in [0.1, 0.15) is 18.2 Å². The summed E-state index contributed by atoms with van der Waals surface area (Å²) in [6.45, 7) is 3.77. The van der Waals surface area contributed by atoms with Crippen LogP contribution in [0.3, 0.4) is 0 Å². The molecule has 0 radical (unpaired) electrons. The maximum atomic E-state index is 13.1. The maximum absolute atomic E-state index is 13.1. The van der Waals surface area contributed by atoms with Crippen molar-refractivity contribution in [1.29, 1.82) is 0 Å². The van der Waals surface area contributed by atoms with Crippen LogP contribution in [0.5, 0.6) is 5.75 Å². The third-order valence-corrected chi connectivity index (χ3v) is 3.52. The topological polar surface area (TPSA) is 38.5 Å². The second-order valence-corrected chi connectivity index (χ2v) is 5.06. The summed E-state index contributed by atoms with van der Waals surface area (Å²) >= 11 is 3.12. The monoisotopic (exact) mass is 302 g/mol. The number of hydrogen-bond donors (Lipinski definition) is 1. The second kappa shape index (κ2) is 5.69. The first-order valence-electron chi connectivity index (χ1n) is 5.76. The second-order valence-electron chi connectivity index (χ2n) is 4.20. The summed E-state index contributed by atoms with van der Waals surface area (Å²) in [6.07, 6.45) is 2.54. The van der Waals surface area contributed by atoms with E-state index in [2.05, 4.69) is 20.8 Å². The molecule has 1 aliphatic rings. The zero-order valence-electron chi connectivity index (χ0n) is 9.59. The normalized spacial score (nSPS) is 16.4. The average molecular weight is 303 g/mol. The van der Waals surface area contributed by atoms with Crippen LogP contribution in [0, 0.1) is 5.82 Å². The first-order valence-corrected chi connectivity index (χ1v) is 6.56. The number of halogens is 2. The van der Waals surface area contributed by atoms with E-state index in [1.807, 2.05) is 0 Å². The van der Waals surface area contributed by atoms with Crippen molar-refractivity contribution in [1.82, 2.24) is 4.90 Å². The van der Waals surface area contributed by atoms with E-state index in [9.17, 15) is 4.39 Å². The number of hydrogen-bond acceptors (Lipinski definition) is 3. The van der Waals surface area contributed by atoms with Gasteiger partial charge in [-0.1, -0.05) is 0 Å². The van der Waals surface area contributed by atoms with E-state index in [1.54, 1.807) is 6.07 Å². The van der Waals surface area contributed by atoms with Crippen molar-refractivity contribution in [2.45, 2.75) is 12.8 Å². The van der Waals surface area contributed by atoms with Gasteiger partial charge in [0.25, 0.3) is 0 Å². The Hall–Kier alpha value is -0.810. The number of anilines is 1. The van der Waals surface area contributed by atoms with E-state index >= 15 is 0 Å². The Kier molecular flexibility index (Phi) is 4.23. The number of nitrogens with two attached hydrogens (primary N) is 1. The van der Waals surface area contributed by atoms with Gasteiger partial charge < -0.3 is 10.5 Å². The lowest BCUT2D eigenvalue weighted by Gasteiger charge is -2.15. The molecule has 1 fully saturated rings. The molecule has 0 amide bonds. The van der Waals surface area contributed by atoms with E-state index in [4.69, 9.17) is 10.5 Å². The maximum Gasteiger partial charge on any atom is 0.143 e. The van der Waals surface area contributed by atoms with E-state index < -0.39 is 0 Å². The Morgan fingerprint density at radius 3 is 2.76 bits per heavy atom. The Morgan fingerprint density at radius 2 is 2.06 bits per heavy atom. The van der Waals surface area contributed by atoms with Gasteiger partial charge in [0.05, 0.1) is 10.2 Å². The minimum absolute atomic E-state index is 0.340. The lowest BCUT2D eigenvalue weighted by Crippen LogP contribution is -2.25. The van der Waals surface area contributed by atoms with Crippen molar-refractivity contribution in [2.75, 3.05) is 32.0 Å². The Balaban J connectivity index is 1.87. The Bertz CT molecular complexity index is 394. The summed E-state index contributed by atoms with van der Waals surface area (Å²) < 4.78 is 19.1. The summed E-state index contributed by atoms with van der Waals surface area (Å²) in [4.78, 5) is 2.36. The standard InChI is InChI=1S/C12H16BrFN2O/c13-9-7-12(11(15)8-10(9)14)17-6-5-16-3-1-2-4-16/h7-8H,1-6,15H2. The molecule has 0 aromatic heterocycles. The predicted molar refractivity (Wildman–Crippen MR) is 69.7 cm³/mol. The molecule has 2 rings (SSSR count). The van der Waals surface area contributed by atoms with Crippen molar-refractivity contribution in [3.63, 3.8) is 0 Å². The molecular weight excluding hydrogens is 287 g/mol. The third kappa shape index (κ3) is 3.33. The highest BCUT2D eigenvalue weighted by atomic mass is 79.9. The molecular formula is C12H16BrFN2O. The molecule has 0 bridgehead atoms. The van der Waals surface area contributed by atoms with Gasteiger partial charge in [-0.15, -0.1) is 0 Å². The van der Waals surface area contributed by atoms with Crippen LogP contribution in [0.2, 0.25) is 0 Å². The molecule has 1 heterocycles. The SMILES string of the molecule is Nc1cc(F)c(Br)cc1OCCN1CCCC1. The van der Waals surface area contributed by atoms with Crippen LogP contribution >= 0.6 is 15.9 Å². The van der Waals surface area contributed by atoms with Crippen molar-refractivity contribution in [3.05, 3.63) is 22.4 Å². The molecule has 1 aromatic rings. The van der Waals surface area contributed by atoms with Gasteiger partial charge in [-0.3, -0.25) is 4.90 Å². The quantitative estimate of drug-likeness (QED) is 0.869. The first-order chi connectivity index (χ1) is 8.16. The highest BCUT2D eigenvalue weighted by Gasteiger charge is 2.12. The highest BCUT2D eigenvalue weighted by molar-refractivity contribution is 9.10. The molecule has 0 unspecified atom stereocenters. The van der Waals surface area contributed by atoms with Gasteiger partial charge in [-0.25, -0.2) is 4.39 Å². The molecule has 5 heteroatoms. The predicted octanol–water partition coefficient (Wildman–Crippen LogP) is 2.65. The molecule has 0 atom stereocenters. The molecule has 17 heavy (non-hydrogen) atoms. The van der Waals surface area contributed by atoms with Gasteiger partial charge in [0.15, 0.2) is 0 Å². The molecule has 3 nitrogen and oxygen atoms in total. The lowest BCUT2D eigenvalue weighted by molar-refractivity contribution is 0.238. The summed E-state index contributed by atoms with van der Waals surface area (Å²) in [6, 6.07) is 2.85. The number of benzene rings is 1. The van der Waals surface area contributed by atoms with E-state index in [0.717, 1.165) is 19.6 Å². The summed E-state index contributed by atoms with van der Waals surface area (Å²) in [5.74, 6) is 0.173. The zero-order chi connectivity index (χ0) is 12.3. The molecule has 1 saturated heterocycles. The molecule has 1 aliphatic heterocycles. The molecule has 0 aliphatic carbocycles. The van der Waals surface area contributed by atoms with Crippen LogP contribution in [-0.2, 0) is 0 Å². The fourth-order valence-corrected chi connectivity index (χ4v) is 2.28. The lowest BCUT2D eigenvalue weighted by atomic mass is 10.3. The van der Waals surface area contributed by atoms with E-state index in [0.29, 0.717) is 22.5 Å². The van der Waals surface area contributed by atoms with Crippen LogP contribution in [0.4, 0.5) is 10.1 Å². The molecule has 2 N–H and O–H groups in total. The van der Waals surface area contributed by atoms with Crippen LogP contribution < -0.4 is 10.5 Å². The van der Waals surface area contributed by atoms with Crippen molar-refractivity contribution in [2.24, 2.45) is 0 Å². The number of rotatable bonds is 4. The van der Waals surface area contributed by atoms with Gasteiger partial charge in [-0.05, 0) is 47.9 Å². The number of likely N-dealkylation sites (tertiary alicyclic amines) is 1. The number of nitrogen functional groups attached to an aromatic ring is 1. The third-order valence-electron chi connectivity index (χ3n) is 2.92. The summed E-state index contributed by atoms with van der Waals surface area (Å²) in [7, 11) is 0. The smallest absolute Gasteiger partial charge is 0.143 e. The molecule has 94 valence electrons. The average Bonchev–Trinajstić information content (AvgIpc) is 2.78. The van der Waals surface area contributed by atoms with Gasteiger partial charge >= 0.3 is 0 Å². The Morgan fingerprint density at radius 1 is 1.35 bits per heavy atom. The molecule has 1 aromatic carbocycles. The number of ether oxygens (including phenoxy) is 1. The highest BCUT2D eigenvalue weighted by Crippen LogP contribution is 2.28. The number of nitrogens with zero attached hydrogens (tertiary/aromatic N) is 1. The van der Waals surface area contributed by atoms with Crippen LogP contribution in [0.15, 0.2) is 16.6 Å².